The third-order valence-electron chi connectivity index (χ3n) is 3.59. The summed E-state index contributed by atoms with van der Waals surface area (Å²) in [6.45, 7) is 2.01. The van der Waals surface area contributed by atoms with Gasteiger partial charge in [0.2, 0.25) is 5.91 Å². The van der Waals surface area contributed by atoms with Crippen LogP contribution in [0.15, 0.2) is 29.2 Å². The van der Waals surface area contributed by atoms with Crippen molar-refractivity contribution < 1.29 is 13.2 Å². The number of amides is 1. The minimum absolute atomic E-state index is 0.0136. The number of hydrogen-bond donors (Lipinski definition) is 0. The van der Waals surface area contributed by atoms with Crippen molar-refractivity contribution in [2.45, 2.75) is 24.3 Å². The van der Waals surface area contributed by atoms with E-state index in [1.165, 1.54) is 11.8 Å². The van der Waals surface area contributed by atoms with Gasteiger partial charge < -0.3 is 4.90 Å². The number of carbonyl (C=O) groups is 1. The first-order valence-corrected chi connectivity index (χ1v) is 9.34. The van der Waals surface area contributed by atoms with E-state index in [4.69, 9.17) is 0 Å². The fourth-order valence-electron chi connectivity index (χ4n) is 2.24. The molecule has 2 rings (SSSR count). The second-order valence-electron chi connectivity index (χ2n) is 5.12. The van der Waals surface area contributed by atoms with E-state index in [2.05, 4.69) is 0 Å². The maximum absolute atomic E-state index is 12.1. The minimum atomic E-state index is -2.95. The SMILES string of the molecule is Cc1ccccc1SCC(=O)N(C)C1CCS(=O)(=O)C1. The highest BCUT2D eigenvalue weighted by Crippen LogP contribution is 2.23. The largest absolute Gasteiger partial charge is 0.341 e. The third kappa shape index (κ3) is 3.76. The lowest BCUT2D eigenvalue weighted by atomic mass is 10.2. The lowest BCUT2D eigenvalue weighted by Crippen LogP contribution is -2.38. The van der Waals surface area contributed by atoms with Crippen LogP contribution >= 0.6 is 11.8 Å². The van der Waals surface area contributed by atoms with Crippen LogP contribution in [0.25, 0.3) is 0 Å². The average molecular weight is 313 g/mol. The Balaban J connectivity index is 1.91. The lowest BCUT2D eigenvalue weighted by molar-refractivity contribution is -0.128. The van der Waals surface area contributed by atoms with E-state index in [0.29, 0.717) is 12.2 Å². The van der Waals surface area contributed by atoms with E-state index in [0.717, 1.165) is 10.5 Å². The first-order chi connectivity index (χ1) is 9.39. The molecule has 0 saturated carbocycles. The highest BCUT2D eigenvalue weighted by molar-refractivity contribution is 8.00. The van der Waals surface area contributed by atoms with Crippen LogP contribution in [0.2, 0.25) is 0 Å². The predicted molar refractivity (Wildman–Crippen MR) is 81.7 cm³/mol. The van der Waals surface area contributed by atoms with Crippen molar-refractivity contribution in [2.75, 3.05) is 24.3 Å². The van der Waals surface area contributed by atoms with Crippen LogP contribution in [0.5, 0.6) is 0 Å². The molecule has 20 heavy (non-hydrogen) atoms. The molecule has 1 aromatic carbocycles. The molecule has 0 aromatic heterocycles. The van der Waals surface area contributed by atoms with Gasteiger partial charge in [0, 0.05) is 18.0 Å². The van der Waals surface area contributed by atoms with Gasteiger partial charge in [0.15, 0.2) is 9.84 Å². The van der Waals surface area contributed by atoms with Gasteiger partial charge in [-0.3, -0.25) is 4.79 Å². The standard InChI is InChI=1S/C14H19NO3S2/c1-11-5-3-4-6-13(11)19-9-14(16)15(2)12-7-8-20(17,18)10-12/h3-6,12H,7-10H2,1-2H3. The Morgan fingerprint density at radius 3 is 2.70 bits per heavy atom. The summed E-state index contributed by atoms with van der Waals surface area (Å²) in [7, 11) is -1.25. The molecular weight excluding hydrogens is 294 g/mol. The number of sulfone groups is 1. The zero-order valence-corrected chi connectivity index (χ0v) is 13.3. The molecule has 0 spiro atoms. The zero-order chi connectivity index (χ0) is 14.8. The summed E-state index contributed by atoms with van der Waals surface area (Å²) in [5.74, 6) is 0.628. The highest BCUT2D eigenvalue weighted by Gasteiger charge is 2.32. The van der Waals surface area contributed by atoms with E-state index in [1.54, 1.807) is 11.9 Å². The molecule has 1 unspecified atom stereocenters. The van der Waals surface area contributed by atoms with Gasteiger partial charge in [0.25, 0.3) is 0 Å². The molecule has 4 nitrogen and oxygen atoms in total. The number of benzene rings is 1. The first-order valence-electron chi connectivity index (χ1n) is 6.53. The van der Waals surface area contributed by atoms with Gasteiger partial charge in [-0.15, -0.1) is 11.8 Å². The molecular formula is C14H19NO3S2. The second kappa shape index (κ2) is 6.18. The maximum atomic E-state index is 12.1. The fourth-order valence-corrected chi connectivity index (χ4v) is 4.97. The van der Waals surface area contributed by atoms with Gasteiger partial charge in [0.05, 0.1) is 17.3 Å². The Morgan fingerprint density at radius 1 is 1.40 bits per heavy atom. The normalized spacial score (nSPS) is 20.8. The maximum Gasteiger partial charge on any atom is 0.232 e. The van der Waals surface area contributed by atoms with Crippen LogP contribution in [-0.2, 0) is 14.6 Å². The molecule has 1 aliphatic heterocycles. The minimum Gasteiger partial charge on any atom is -0.341 e. The van der Waals surface area contributed by atoms with E-state index in [-0.39, 0.29) is 23.5 Å². The monoisotopic (exact) mass is 313 g/mol. The third-order valence-corrected chi connectivity index (χ3v) is 6.50. The summed E-state index contributed by atoms with van der Waals surface area (Å²) in [6.07, 6.45) is 0.555. The zero-order valence-electron chi connectivity index (χ0n) is 11.7. The summed E-state index contributed by atoms with van der Waals surface area (Å²) in [4.78, 5) is 14.8. The Hall–Kier alpha value is -1.01. The first kappa shape index (κ1) is 15.4. The van der Waals surface area contributed by atoms with E-state index in [1.807, 2.05) is 31.2 Å². The van der Waals surface area contributed by atoms with Crippen molar-refractivity contribution in [3.63, 3.8) is 0 Å². The topological polar surface area (TPSA) is 54.5 Å². The molecule has 1 amide bonds. The van der Waals surface area contributed by atoms with Gasteiger partial charge in [-0.25, -0.2) is 8.42 Å². The molecule has 0 N–H and O–H groups in total. The van der Waals surface area contributed by atoms with Gasteiger partial charge in [-0.2, -0.15) is 0 Å². The Kier molecular flexibility index (Phi) is 4.75. The van der Waals surface area contributed by atoms with Crippen LogP contribution in [0, 0.1) is 6.92 Å². The van der Waals surface area contributed by atoms with Crippen molar-refractivity contribution >= 4 is 27.5 Å². The molecule has 1 saturated heterocycles. The molecule has 1 aliphatic rings. The smallest absolute Gasteiger partial charge is 0.232 e. The van der Waals surface area contributed by atoms with E-state index >= 15 is 0 Å². The number of thioether (sulfide) groups is 1. The molecule has 0 aliphatic carbocycles. The Labute approximate surface area is 124 Å². The number of aryl methyl sites for hydroxylation is 1. The highest BCUT2D eigenvalue weighted by atomic mass is 32.2. The summed E-state index contributed by atoms with van der Waals surface area (Å²) in [5, 5.41) is 0. The number of hydrogen-bond acceptors (Lipinski definition) is 4. The Bertz CT molecular complexity index is 598. The lowest BCUT2D eigenvalue weighted by Gasteiger charge is -2.23. The predicted octanol–water partition coefficient (Wildman–Crippen LogP) is 1.73. The van der Waals surface area contributed by atoms with Crippen LogP contribution < -0.4 is 0 Å². The van der Waals surface area contributed by atoms with Gasteiger partial charge in [0.1, 0.15) is 0 Å². The number of rotatable bonds is 4. The molecule has 1 heterocycles. The van der Waals surface area contributed by atoms with E-state index in [9.17, 15) is 13.2 Å². The summed E-state index contributed by atoms with van der Waals surface area (Å²) >= 11 is 1.50. The summed E-state index contributed by atoms with van der Waals surface area (Å²) in [5.41, 5.74) is 1.15. The van der Waals surface area contributed by atoms with Gasteiger partial charge >= 0.3 is 0 Å². The molecule has 6 heteroatoms. The average Bonchev–Trinajstić information content (AvgIpc) is 2.77. The van der Waals surface area contributed by atoms with E-state index < -0.39 is 9.84 Å². The number of carbonyl (C=O) groups excluding carboxylic acids is 1. The molecule has 1 aromatic rings. The fraction of sp³-hybridized carbons (Fsp3) is 0.500. The van der Waals surface area contributed by atoms with Crippen molar-refractivity contribution in [3.05, 3.63) is 29.8 Å². The van der Waals surface area contributed by atoms with Crippen molar-refractivity contribution in [2.24, 2.45) is 0 Å². The van der Waals surface area contributed by atoms with Crippen LogP contribution in [-0.4, -0.2) is 49.6 Å². The Morgan fingerprint density at radius 2 is 2.10 bits per heavy atom. The molecule has 1 atom stereocenters. The van der Waals surface area contributed by atoms with Crippen LogP contribution in [0.4, 0.5) is 0 Å². The van der Waals surface area contributed by atoms with Gasteiger partial charge in [-0.1, -0.05) is 18.2 Å². The van der Waals surface area contributed by atoms with Crippen molar-refractivity contribution in [1.29, 1.82) is 0 Å². The van der Waals surface area contributed by atoms with Crippen molar-refractivity contribution in [1.82, 2.24) is 4.90 Å². The number of nitrogens with zero attached hydrogens (tertiary/aromatic N) is 1. The van der Waals surface area contributed by atoms with Crippen LogP contribution in [0.3, 0.4) is 0 Å². The molecule has 0 radical (unpaired) electrons. The van der Waals surface area contributed by atoms with Gasteiger partial charge in [-0.05, 0) is 25.0 Å². The molecule has 110 valence electrons. The van der Waals surface area contributed by atoms with Crippen molar-refractivity contribution in [3.8, 4) is 0 Å². The summed E-state index contributed by atoms with van der Waals surface area (Å²) in [6, 6.07) is 7.77. The second-order valence-corrected chi connectivity index (χ2v) is 8.36. The van der Waals surface area contributed by atoms with Crippen LogP contribution in [0.1, 0.15) is 12.0 Å². The quantitative estimate of drug-likeness (QED) is 0.795. The summed E-state index contributed by atoms with van der Waals surface area (Å²) < 4.78 is 22.9. The molecule has 1 fully saturated rings. The molecule has 0 bridgehead atoms.